The molecule has 1 atom stereocenters. The minimum atomic E-state index is -0.801. The van der Waals surface area contributed by atoms with Gasteiger partial charge in [0.25, 0.3) is 11.7 Å². The molecule has 1 N–H and O–H groups in total. The van der Waals surface area contributed by atoms with Gasteiger partial charge in [-0.15, -0.1) is 0 Å². The third-order valence-electron chi connectivity index (χ3n) is 6.30. The largest absolute Gasteiger partial charge is 0.505 e. The van der Waals surface area contributed by atoms with Crippen molar-refractivity contribution < 1.29 is 24.2 Å². The summed E-state index contributed by atoms with van der Waals surface area (Å²) in [5, 5.41) is 11.6. The van der Waals surface area contributed by atoms with Gasteiger partial charge in [0.05, 0.1) is 31.5 Å². The molecule has 1 amide bonds. The number of aliphatic hydroxyl groups excluding tert-OH is 1. The Balaban J connectivity index is 1.96. The smallest absolute Gasteiger partial charge is 0.295 e. The van der Waals surface area contributed by atoms with E-state index in [1.807, 2.05) is 38.1 Å². The number of aliphatic hydroxyl groups is 1. The summed E-state index contributed by atoms with van der Waals surface area (Å²) in [5.41, 5.74) is 3.20. The summed E-state index contributed by atoms with van der Waals surface area (Å²) >= 11 is 0. The van der Waals surface area contributed by atoms with Crippen molar-refractivity contribution in [2.24, 2.45) is 0 Å². The van der Waals surface area contributed by atoms with Crippen molar-refractivity contribution in [2.45, 2.75) is 19.9 Å². The molecule has 1 fully saturated rings. The number of Topliss-reactive ketones (excluding diaryl/α,β-unsaturated/α-hetero) is 1. The maximum atomic E-state index is 13.4. The zero-order chi connectivity index (χ0) is 25.4. The summed E-state index contributed by atoms with van der Waals surface area (Å²) in [7, 11) is 6.85. The Morgan fingerprint density at radius 1 is 1.11 bits per heavy atom. The molecule has 1 aliphatic rings. The number of ketones is 1. The fraction of sp³-hybridized carbons (Fsp3) is 0.346. The molecule has 1 aliphatic heterocycles. The van der Waals surface area contributed by atoms with E-state index >= 15 is 0 Å². The first-order valence-electron chi connectivity index (χ1n) is 11.3. The number of fused-ring (bicyclic) bond motifs is 1. The van der Waals surface area contributed by atoms with Gasteiger partial charge in [-0.25, -0.2) is 4.98 Å². The summed E-state index contributed by atoms with van der Waals surface area (Å²) in [6.07, 6.45) is 1.78. The highest BCUT2D eigenvalue weighted by Crippen LogP contribution is 2.42. The second kappa shape index (κ2) is 9.42. The average molecular weight is 479 g/mol. The molecule has 0 bridgehead atoms. The third-order valence-corrected chi connectivity index (χ3v) is 6.30. The molecule has 3 aromatic rings. The lowest BCUT2D eigenvalue weighted by Crippen LogP contribution is -2.35. The van der Waals surface area contributed by atoms with Crippen LogP contribution in [-0.4, -0.2) is 77.4 Å². The van der Waals surface area contributed by atoms with Crippen LogP contribution in [0.15, 0.2) is 42.1 Å². The maximum absolute atomic E-state index is 13.4. The van der Waals surface area contributed by atoms with Crippen LogP contribution in [0.4, 0.5) is 0 Å². The van der Waals surface area contributed by atoms with Crippen LogP contribution in [0, 0.1) is 13.8 Å². The molecule has 0 aliphatic carbocycles. The molecular weight excluding hydrogens is 448 g/mol. The topological polar surface area (TPSA) is 96.6 Å². The number of imidazole rings is 1. The molecule has 9 heteroatoms. The van der Waals surface area contributed by atoms with Gasteiger partial charge < -0.3 is 24.4 Å². The number of carbonyl (C=O) groups is 2. The van der Waals surface area contributed by atoms with Crippen LogP contribution in [0.1, 0.15) is 28.6 Å². The van der Waals surface area contributed by atoms with Gasteiger partial charge in [0.1, 0.15) is 11.3 Å². The van der Waals surface area contributed by atoms with Gasteiger partial charge in [0.15, 0.2) is 17.3 Å². The van der Waals surface area contributed by atoms with Gasteiger partial charge in [-0.3, -0.25) is 14.0 Å². The van der Waals surface area contributed by atoms with E-state index in [1.165, 1.54) is 19.1 Å². The number of carbonyl (C=O) groups excluding carboxylic acids is 2. The van der Waals surface area contributed by atoms with E-state index in [0.717, 1.165) is 5.56 Å². The molecule has 1 aromatic carbocycles. The van der Waals surface area contributed by atoms with E-state index in [1.54, 1.807) is 35.7 Å². The molecule has 0 spiro atoms. The Hall–Kier alpha value is -3.85. The van der Waals surface area contributed by atoms with Crippen molar-refractivity contribution >= 4 is 23.1 Å². The van der Waals surface area contributed by atoms with Gasteiger partial charge in [0, 0.05) is 19.3 Å². The number of likely N-dealkylation sites (tertiary alicyclic amines) is 1. The van der Waals surface area contributed by atoms with Crippen LogP contribution in [0.2, 0.25) is 0 Å². The molecule has 35 heavy (non-hydrogen) atoms. The lowest BCUT2D eigenvalue weighted by atomic mass is 9.96. The summed E-state index contributed by atoms with van der Waals surface area (Å²) < 4.78 is 12.6. The summed E-state index contributed by atoms with van der Waals surface area (Å²) in [6.45, 7) is 4.55. The highest BCUT2D eigenvalue weighted by Gasteiger charge is 2.46. The number of rotatable bonds is 7. The molecule has 3 heterocycles. The van der Waals surface area contributed by atoms with Crippen LogP contribution < -0.4 is 9.47 Å². The first-order valence-corrected chi connectivity index (χ1v) is 11.3. The molecule has 1 saturated heterocycles. The predicted octanol–water partition coefficient (Wildman–Crippen LogP) is 2.95. The molecule has 4 rings (SSSR count). The number of benzene rings is 1. The number of aryl methyl sites for hydroxylation is 2. The molecule has 0 radical (unpaired) electrons. The molecule has 0 unspecified atom stereocenters. The van der Waals surface area contributed by atoms with E-state index in [9.17, 15) is 14.7 Å². The van der Waals surface area contributed by atoms with Gasteiger partial charge in [-0.1, -0.05) is 12.1 Å². The Labute approximate surface area is 204 Å². The fourth-order valence-corrected chi connectivity index (χ4v) is 4.52. The number of nitrogens with zero attached hydrogens (tertiary/aromatic N) is 4. The third kappa shape index (κ3) is 4.12. The lowest BCUT2D eigenvalue weighted by molar-refractivity contribution is -0.140. The van der Waals surface area contributed by atoms with Crippen molar-refractivity contribution in [1.29, 1.82) is 0 Å². The number of ether oxygens (including phenoxy) is 2. The number of aromatic nitrogens is 2. The number of hydrogen-bond donors (Lipinski definition) is 1. The predicted molar refractivity (Wildman–Crippen MR) is 132 cm³/mol. The Morgan fingerprint density at radius 3 is 2.49 bits per heavy atom. The Morgan fingerprint density at radius 2 is 1.83 bits per heavy atom. The van der Waals surface area contributed by atoms with Crippen LogP contribution in [-0.2, 0) is 9.59 Å². The minimum absolute atomic E-state index is 0.0207. The monoisotopic (exact) mass is 478 g/mol. The normalized spacial score (nSPS) is 17.6. The first-order chi connectivity index (χ1) is 16.7. The van der Waals surface area contributed by atoms with E-state index in [-0.39, 0.29) is 11.3 Å². The SMILES string of the molecule is COc1ccc([C@@H]2/C(=C(\O)c3c(C)nc4c(C)cccn34)C(=O)C(=O)N2CCN(C)C)cc1OC. The van der Waals surface area contributed by atoms with Gasteiger partial charge in [-0.2, -0.15) is 0 Å². The standard InChI is InChI=1S/C26H30N4O5/c1-15-8-7-11-29-21(16(2)27-25(15)29)23(31)20-22(17-9-10-18(34-5)19(14-17)35-6)30(13-12-28(3)4)26(33)24(20)32/h7-11,14,22,31H,12-13H2,1-6H3/b23-20+/t22-/m1/s1. The highest BCUT2D eigenvalue weighted by molar-refractivity contribution is 6.46. The van der Waals surface area contributed by atoms with E-state index in [2.05, 4.69) is 4.98 Å². The van der Waals surface area contributed by atoms with Crippen molar-refractivity contribution in [1.82, 2.24) is 19.2 Å². The minimum Gasteiger partial charge on any atom is -0.505 e. The average Bonchev–Trinajstić information content (AvgIpc) is 3.31. The van der Waals surface area contributed by atoms with Crippen LogP contribution in [0.3, 0.4) is 0 Å². The molecule has 2 aromatic heterocycles. The lowest BCUT2D eigenvalue weighted by Gasteiger charge is -2.27. The van der Waals surface area contributed by atoms with Gasteiger partial charge in [-0.05, 0) is 57.3 Å². The summed E-state index contributed by atoms with van der Waals surface area (Å²) in [4.78, 5) is 34.6. The molecular formula is C26H30N4O5. The second-order valence-corrected chi connectivity index (χ2v) is 8.84. The summed E-state index contributed by atoms with van der Waals surface area (Å²) in [6, 6.07) is 8.21. The van der Waals surface area contributed by atoms with Crippen molar-refractivity contribution in [3.05, 3.63) is 64.6 Å². The first kappa shape index (κ1) is 24.3. The maximum Gasteiger partial charge on any atom is 0.295 e. The van der Waals surface area contributed by atoms with E-state index < -0.39 is 17.7 Å². The number of methoxy groups -OCH3 is 2. The number of pyridine rings is 1. The molecule has 0 saturated carbocycles. The zero-order valence-electron chi connectivity index (χ0n) is 20.8. The number of likely N-dealkylation sites (N-methyl/N-ethyl adjacent to an activating group) is 1. The summed E-state index contributed by atoms with van der Waals surface area (Å²) in [5.74, 6) is -0.663. The van der Waals surface area contributed by atoms with Crippen molar-refractivity contribution in [3.63, 3.8) is 0 Å². The number of amides is 1. The van der Waals surface area contributed by atoms with Gasteiger partial charge in [0.2, 0.25) is 0 Å². The van der Waals surface area contributed by atoms with Crippen LogP contribution in [0.5, 0.6) is 11.5 Å². The zero-order valence-corrected chi connectivity index (χ0v) is 20.8. The fourth-order valence-electron chi connectivity index (χ4n) is 4.52. The molecule has 184 valence electrons. The van der Waals surface area contributed by atoms with Crippen molar-refractivity contribution in [3.8, 4) is 11.5 Å². The van der Waals surface area contributed by atoms with Crippen LogP contribution in [0.25, 0.3) is 11.4 Å². The van der Waals surface area contributed by atoms with Crippen molar-refractivity contribution in [2.75, 3.05) is 41.4 Å². The van der Waals surface area contributed by atoms with Gasteiger partial charge >= 0.3 is 0 Å². The van der Waals surface area contributed by atoms with E-state index in [4.69, 9.17) is 9.47 Å². The Kier molecular flexibility index (Phi) is 6.53. The molecule has 9 nitrogen and oxygen atoms in total. The Bertz CT molecular complexity index is 1340. The van der Waals surface area contributed by atoms with Crippen LogP contribution >= 0.6 is 0 Å². The second-order valence-electron chi connectivity index (χ2n) is 8.84. The number of hydrogen-bond acceptors (Lipinski definition) is 7. The quantitative estimate of drug-likeness (QED) is 0.317. The highest BCUT2D eigenvalue weighted by atomic mass is 16.5. The van der Waals surface area contributed by atoms with E-state index in [0.29, 0.717) is 47.2 Å².